The van der Waals surface area contributed by atoms with Crippen molar-refractivity contribution < 1.29 is 4.74 Å². The first kappa shape index (κ1) is 12.6. The predicted octanol–water partition coefficient (Wildman–Crippen LogP) is 2.43. The molecule has 0 aliphatic rings. The Labute approximate surface area is 95.9 Å². The van der Waals surface area contributed by atoms with Crippen LogP contribution in [0.25, 0.3) is 0 Å². The van der Waals surface area contributed by atoms with Gasteiger partial charge >= 0.3 is 0 Å². The first-order valence-electron chi connectivity index (χ1n) is 5.44. The summed E-state index contributed by atoms with van der Waals surface area (Å²) in [6.07, 6.45) is 1.94. The van der Waals surface area contributed by atoms with Crippen LogP contribution in [-0.2, 0) is 17.9 Å². The Bertz CT molecular complexity index is 273. The maximum atomic E-state index is 5.30. The molecule has 1 aromatic rings. The zero-order valence-corrected chi connectivity index (χ0v) is 10.6. The third-order valence-corrected chi connectivity index (χ3v) is 2.85. The Morgan fingerprint density at radius 3 is 3.00 bits per heavy atom. The van der Waals surface area contributed by atoms with E-state index < -0.39 is 0 Å². The van der Waals surface area contributed by atoms with E-state index in [1.54, 1.807) is 11.3 Å². The van der Waals surface area contributed by atoms with E-state index in [9.17, 15) is 0 Å². The first-order chi connectivity index (χ1) is 7.22. The molecule has 0 aliphatic carbocycles. The second kappa shape index (κ2) is 6.93. The molecule has 15 heavy (non-hydrogen) atoms. The van der Waals surface area contributed by atoms with Gasteiger partial charge in [0.05, 0.1) is 6.61 Å². The Balaban J connectivity index is 2.26. The largest absolute Gasteiger partial charge is 0.375 e. The van der Waals surface area contributed by atoms with Crippen molar-refractivity contribution >= 4 is 11.3 Å². The number of hydrogen-bond donors (Lipinski definition) is 1. The lowest BCUT2D eigenvalue weighted by Gasteiger charge is -2.04. The molecule has 0 atom stereocenters. The van der Waals surface area contributed by atoms with Gasteiger partial charge in [0, 0.05) is 24.2 Å². The van der Waals surface area contributed by atoms with Crippen LogP contribution in [0.5, 0.6) is 0 Å². The number of rotatable bonds is 7. The van der Waals surface area contributed by atoms with E-state index in [4.69, 9.17) is 4.74 Å². The van der Waals surface area contributed by atoms with E-state index in [1.165, 1.54) is 4.88 Å². The van der Waals surface area contributed by atoms with E-state index in [-0.39, 0.29) is 0 Å². The van der Waals surface area contributed by atoms with Crippen LogP contribution in [0.15, 0.2) is 6.20 Å². The predicted molar refractivity (Wildman–Crippen MR) is 64.0 cm³/mol. The molecule has 0 radical (unpaired) electrons. The summed E-state index contributed by atoms with van der Waals surface area (Å²) in [6, 6.07) is 0. The fourth-order valence-corrected chi connectivity index (χ4v) is 2.00. The lowest BCUT2D eigenvalue weighted by molar-refractivity contribution is 0.134. The van der Waals surface area contributed by atoms with Crippen LogP contribution in [0.2, 0.25) is 0 Å². The molecular weight excluding hydrogens is 208 g/mol. The third-order valence-electron chi connectivity index (χ3n) is 1.88. The van der Waals surface area contributed by atoms with Gasteiger partial charge in [0.1, 0.15) is 5.01 Å². The molecule has 1 heterocycles. The maximum absolute atomic E-state index is 5.30. The Morgan fingerprint density at radius 1 is 1.53 bits per heavy atom. The van der Waals surface area contributed by atoms with Crippen molar-refractivity contribution in [3.8, 4) is 0 Å². The zero-order chi connectivity index (χ0) is 11.1. The number of thiazole rings is 1. The highest BCUT2D eigenvalue weighted by atomic mass is 32.1. The number of hydrogen-bond acceptors (Lipinski definition) is 4. The first-order valence-corrected chi connectivity index (χ1v) is 6.26. The molecule has 1 aromatic heterocycles. The molecule has 86 valence electrons. The van der Waals surface area contributed by atoms with Gasteiger partial charge in [-0.25, -0.2) is 4.98 Å². The normalized spacial score (nSPS) is 11.2. The molecule has 0 aromatic carbocycles. The highest BCUT2D eigenvalue weighted by molar-refractivity contribution is 7.11. The summed E-state index contributed by atoms with van der Waals surface area (Å²) in [5.41, 5.74) is 0. The Morgan fingerprint density at radius 2 is 2.33 bits per heavy atom. The summed E-state index contributed by atoms with van der Waals surface area (Å²) >= 11 is 1.73. The van der Waals surface area contributed by atoms with Gasteiger partial charge in [-0.1, -0.05) is 13.8 Å². The second-order valence-corrected chi connectivity index (χ2v) is 5.08. The average Bonchev–Trinajstić information content (AvgIpc) is 2.62. The van der Waals surface area contributed by atoms with E-state index in [0.717, 1.165) is 24.7 Å². The molecular formula is C11H20N2OS. The monoisotopic (exact) mass is 228 g/mol. The molecule has 1 N–H and O–H groups in total. The second-order valence-electron chi connectivity index (χ2n) is 3.88. The smallest absolute Gasteiger partial charge is 0.119 e. The molecule has 0 fully saturated rings. The van der Waals surface area contributed by atoms with Crippen molar-refractivity contribution in [2.75, 3.05) is 13.2 Å². The number of ether oxygens (including phenoxy) is 1. The fourth-order valence-electron chi connectivity index (χ4n) is 1.17. The van der Waals surface area contributed by atoms with Crippen LogP contribution >= 0.6 is 11.3 Å². The molecule has 0 spiro atoms. The third kappa shape index (κ3) is 5.25. The number of nitrogens with one attached hydrogen (secondary N) is 1. The van der Waals surface area contributed by atoms with Crippen LogP contribution in [0.4, 0.5) is 0 Å². The summed E-state index contributed by atoms with van der Waals surface area (Å²) in [7, 11) is 0. The van der Waals surface area contributed by atoms with Gasteiger partial charge in [-0.15, -0.1) is 11.3 Å². The summed E-state index contributed by atoms with van der Waals surface area (Å²) in [4.78, 5) is 5.59. The summed E-state index contributed by atoms with van der Waals surface area (Å²) in [6.45, 7) is 9.78. The number of aromatic nitrogens is 1. The van der Waals surface area contributed by atoms with E-state index in [1.807, 2.05) is 13.1 Å². The fraction of sp³-hybridized carbons (Fsp3) is 0.727. The van der Waals surface area contributed by atoms with Gasteiger partial charge in [-0.05, 0) is 19.4 Å². The minimum absolute atomic E-state index is 0.644. The topological polar surface area (TPSA) is 34.1 Å². The van der Waals surface area contributed by atoms with Crippen molar-refractivity contribution in [2.24, 2.45) is 5.92 Å². The summed E-state index contributed by atoms with van der Waals surface area (Å²) in [5, 5.41) is 4.47. The maximum Gasteiger partial charge on any atom is 0.119 e. The van der Waals surface area contributed by atoms with Crippen LogP contribution in [-0.4, -0.2) is 18.1 Å². The highest BCUT2D eigenvalue weighted by Crippen LogP contribution is 2.13. The molecule has 1 rings (SSSR count). The molecule has 0 aliphatic heterocycles. The zero-order valence-electron chi connectivity index (χ0n) is 9.75. The summed E-state index contributed by atoms with van der Waals surface area (Å²) in [5.74, 6) is 0.695. The summed E-state index contributed by atoms with van der Waals surface area (Å²) < 4.78 is 5.30. The average molecular weight is 228 g/mol. The van der Waals surface area contributed by atoms with Gasteiger partial charge in [-0.2, -0.15) is 0 Å². The van der Waals surface area contributed by atoms with E-state index in [0.29, 0.717) is 12.5 Å². The van der Waals surface area contributed by atoms with Gasteiger partial charge < -0.3 is 10.1 Å². The minimum atomic E-state index is 0.644. The molecule has 0 amide bonds. The number of nitrogens with zero attached hydrogens (tertiary/aromatic N) is 1. The van der Waals surface area contributed by atoms with Gasteiger partial charge in [-0.3, -0.25) is 0 Å². The Hall–Kier alpha value is -0.450. The van der Waals surface area contributed by atoms with Crippen molar-refractivity contribution in [1.82, 2.24) is 10.3 Å². The van der Waals surface area contributed by atoms with Crippen molar-refractivity contribution in [2.45, 2.75) is 33.9 Å². The van der Waals surface area contributed by atoms with Crippen molar-refractivity contribution in [3.05, 3.63) is 16.1 Å². The van der Waals surface area contributed by atoms with Crippen LogP contribution < -0.4 is 5.32 Å². The molecule has 4 heteroatoms. The lowest BCUT2D eigenvalue weighted by Crippen LogP contribution is -2.18. The molecule has 0 bridgehead atoms. The molecule has 0 saturated carbocycles. The SMILES string of the molecule is CCOCc1ncc(CNCC(C)C)s1. The quantitative estimate of drug-likeness (QED) is 0.778. The van der Waals surface area contributed by atoms with Crippen LogP contribution in [0.3, 0.4) is 0 Å². The van der Waals surface area contributed by atoms with Gasteiger partial charge in [0.15, 0.2) is 0 Å². The van der Waals surface area contributed by atoms with Crippen molar-refractivity contribution in [3.63, 3.8) is 0 Å². The molecule has 3 nitrogen and oxygen atoms in total. The van der Waals surface area contributed by atoms with Crippen LogP contribution in [0, 0.1) is 5.92 Å². The highest BCUT2D eigenvalue weighted by Gasteiger charge is 2.01. The van der Waals surface area contributed by atoms with E-state index >= 15 is 0 Å². The standard InChI is InChI=1S/C11H20N2OS/c1-4-14-8-11-13-7-10(15-11)6-12-5-9(2)3/h7,9,12H,4-6,8H2,1-3H3. The van der Waals surface area contributed by atoms with Gasteiger partial charge in [0.2, 0.25) is 0 Å². The van der Waals surface area contributed by atoms with Crippen molar-refractivity contribution in [1.29, 1.82) is 0 Å². The lowest BCUT2D eigenvalue weighted by atomic mass is 10.2. The Kier molecular flexibility index (Phi) is 5.83. The minimum Gasteiger partial charge on any atom is -0.375 e. The van der Waals surface area contributed by atoms with Crippen LogP contribution in [0.1, 0.15) is 30.7 Å². The molecule has 0 saturated heterocycles. The molecule has 0 unspecified atom stereocenters. The van der Waals surface area contributed by atoms with E-state index in [2.05, 4.69) is 24.1 Å². The van der Waals surface area contributed by atoms with Gasteiger partial charge in [0.25, 0.3) is 0 Å².